The van der Waals surface area contributed by atoms with Gasteiger partial charge in [0, 0.05) is 16.2 Å². The summed E-state index contributed by atoms with van der Waals surface area (Å²) in [7, 11) is -3.41. The molecule has 0 aromatic carbocycles. The molecule has 0 saturated heterocycles. The number of hydrogen-bond donors (Lipinski definition) is 2. The predicted molar refractivity (Wildman–Crippen MR) is 70.9 cm³/mol. The van der Waals surface area contributed by atoms with E-state index in [9.17, 15) is 8.42 Å². The van der Waals surface area contributed by atoms with Gasteiger partial charge in [-0.15, -0.1) is 11.3 Å². The summed E-state index contributed by atoms with van der Waals surface area (Å²) in [6.45, 7) is 0.373. The zero-order valence-corrected chi connectivity index (χ0v) is 11.9. The third kappa shape index (κ3) is 3.03. The molecule has 1 aromatic heterocycles. The molecule has 0 bridgehead atoms. The SMILES string of the molecule is CSC1(CNS(=O)(=O)c2ccc(CO)s2)CC1. The van der Waals surface area contributed by atoms with Crippen LogP contribution in [0.3, 0.4) is 0 Å². The molecule has 1 heterocycles. The van der Waals surface area contributed by atoms with Gasteiger partial charge in [0.2, 0.25) is 10.0 Å². The van der Waals surface area contributed by atoms with E-state index < -0.39 is 10.0 Å². The Kier molecular flexibility index (Phi) is 3.84. The Bertz CT molecular complexity index is 491. The van der Waals surface area contributed by atoms with E-state index in [1.165, 1.54) is 6.07 Å². The molecule has 2 rings (SSSR count). The molecule has 0 spiro atoms. The van der Waals surface area contributed by atoms with Crippen molar-refractivity contribution in [3.8, 4) is 0 Å². The summed E-state index contributed by atoms with van der Waals surface area (Å²) in [6, 6.07) is 3.18. The molecule has 0 unspecified atom stereocenters. The van der Waals surface area contributed by atoms with Gasteiger partial charge < -0.3 is 5.11 Å². The molecule has 1 aliphatic carbocycles. The molecule has 17 heavy (non-hydrogen) atoms. The Labute approximate surface area is 109 Å². The summed E-state index contributed by atoms with van der Waals surface area (Å²) in [4.78, 5) is 0.663. The molecule has 0 amide bonds. The Morgan fingerprint density at radius 1 is 1.53 bits per heavy atom. The Balaban J connectivity index is 2.03. The van der Waals surface area contributed by atoms with Crippen molar-refractivity contribution in [1.29, 1.82) is 0 Å². The molecular formula is C10H15NO3S3. The number of thiophene rings is 1. The highest BCUT2D eigenvalue weighted by molar-refractivity contribution is 8.00. The van der Waals surface area contributed by atoms with Crippen LogP contribution in [0.4, 0.5) is 0 Å². The Morgan fingerprint density at radius 2 is 2.24 bits per heavy atom. The first-order chi connectivity index (χ1) is 8.01. The van der Waals surface area contributed by atoms with Crippen LogP contribution in [0.2, 0.25) is 0 Å². The summed E-state index contributed by atoms with van der Waals surface area (Å²) in [5.41, 5.74) is 0. The van der Waals surface area contributed by atoms with Crippen molar-refractivity contribution < 1.29 is 13.5 Å². The van der Waals surface area contributed by atoms with Gasteiger partial charge in [-0.3, -0.25) is 0 Å². The highest BCUT2D eigenvalue weighted by Gasteiger charge is 2.42. The number of aliphatic hydroxyl groups is 1. The maximum absolute atomic E-state index is 12.0. The lowest BCUT2D eigenvalue weighted by molar-refractivity contribution is 0.285. The molecule has 1 aliphatic rings. The summed E-state index contributed by atoms with van der Waals surface area (Å²) >= 11 is 2.83. The van der Waals surface area contributed by atoms with Crippen molar-refractivity contribution in [2.24, 2.45) is 0 Å². The molecule has 0 radical (unpaired) electrons. The van der Waals surface area contributed by atoms with Crippen LogP contribution >= 0.6 is 23.1 Å². The lowest BCUT2D eigenvalue weighted by atomic mass is 10.4. The van der Waals surface area contributed by atoms with Gasteiger partial charge in [0.05, 0.1) is 6.61 Å². The van der Waals surface area contributed by atoms with Crippen LogP contribution in [0.25, 0.3) is 0 Å². The zero-order chi connectivity index (χ0) is 12.5. The molecule has 2 N–H and O–H groups in total. The van der Waals surface area contributed by atoms with Gasteiger partial charge in [-0.25, -0.2) is 13.1 Å². The van der Waals surface area contributed by atoms with E-state index in [4.69, 9.17) is 5.11 Å². The highest BCUT2D eigenvalue weighted by atomic mass is 32.2. The van der Waals surface area contributed by atoms with Crippen LogP contribution in [0.5, 0.6) is 0 Å². The van der Waals surface area contributed by atoms with Gasteiger partial charge in [-0.1, -0.05) is 0 Å². The maximum atomic E-state index is 12.0. The first kappa shape index (κ1) is 13.4. The second-order valence-electron chi connectivity index (χ2n) is 4.09. The van der Waals surface area contributed by atoms with Crippen molar-refractivity contribution >= 4 is 33.1 Å². The number of sulfonamides is 1. The molecule has 0 aliphatic heterocycles. The minimum atomic E-state index is -3.41. The van der Waals surface area contributed by atoms with Gasteiger partial charge >= 0.3 is 0 Å². The number of rotatable bonds is 6. The normalized spacial score (nSPS) is 18.2. The fourth-order valence-corrected chi connectivity index (χ4v) is 4.68. The minimum absolute atomic E-state index is 0.115. The Hall–Kier alpha value is -0.0800. The quantitative estimate of drug-likeness (QED) is 0.832. The van der Waals surface area contributed by atoms with E-state index in [-0.39, 0.29) is 15.6 Å². The average molecular weight is 293 g/mol. The standard InChI is InChI=1S/C10H15NO3S3/c1-15-10(4-5-10)7-11-17(13,14)9-3-2-8(6-12)16-9/h2-3,11-12H,4-7H2,1H3. The monoisotopic (exact) mass is 293 g/mol. The van der Waals surface area contributed by atoms with E-state index in [1.807, 2.05) is 6.26 Å². The molecule has 0 atom stereocenters. The van der Waals surface area contributed by atoms with E-state index >= 15 is 0 Å². The van der Waals surface area contributed by atoms with Gasteiger partial charge in [-0.2, -0.15) is 11.8 Å². The van der Waals surface area contributed by atoms with Crippen LogP contribution < -0.4 is 4.72 Å². The summed E-state index contributed by atoms with van der Waals surface area (Å²) in [5, 5.41) is 8.92. The van der Waals surface area contributed by atoms with Crippen molar-refractivity contribution in [2.75, 3.05) is 12.8 Å². The van der Waals surface area contributed by atoms with Crippen LogP contribution in [0, 0.1) is 0 Å². The lowest BCUT2D eigenvalue weighted by Crippen LogP contribution is -2.31. The van der Waals surface area contributed by atoms with E-state index in [0.29, 0.717) is 11.4 Å². The first-order valence-electron chi connectivity index (χ1n) is 5.26. The molecule has 96 valence electrons. The predicted octanol–water partition coefficient (Wildman–Crippen LogP) is 1.41. The van der Waals surface area contributed by atoms with Gasteiger partial charge in [-0.05, 0) is 31.2 Å². The Morgan fingerprint density at radius 3 is 2.71 bits per heavy atom. The third-order valence-electron chi connectivity index (χ3n) is 2.88. The number of thioether (sulfide) groups is 1. The second-order valence-corrected chi connectivity index (χ2v) is 8.53. The minimum Gasteiger partial charge on any atom is -0.391 e. The number of hydrogen-bond acceptors (Lipinski definition) is 5. The highest BCUT2D eigenvalue weighted by Crippen LogP contribution is 2.46. The molecule has 4 nitrogen and oxygen atoms in total. The molecule has 7 heteroatoms. The van der Waals surface area contributed by atoms with Gasteiger partial charge in [0.15, 0.2) is 0 Å². The fraction of sp³-hybridized carbons (Fsp3) is 0.600. The average Bonchev–Trinajstić information content (AvgIpc) is 2.94. The first-order valence-corrected chi connectivity index (χ1v) is 8.78. The fourth-order valence-electron chi connectivity index (χ4n) is 1.48. The largest absolute Gasteiger partial charge is 0.391 e. The summed E-state index contributed by atoms with van der Waals surface area (Å²) in [5.74, 6) is 0. The topological polar surface area (TPSA) is 66.4 Å². The van der Waals surface area contributed by atoms with Crippen LogP contribution in [0.15, 0.2) is 16.3 Å². The van der Waals surface area contributed by atoms with Gasteiger partial charge in [0.1, 0.15) is 4.21 Å². The van der Waals surface area contributed by atoms with Gasteiger partial charge in [0.25, 0.3) is 0 Å². The van der Waals surface area contributed by atoms with Crippen LogP contribution in [0.1, 0.15) is 17.7 Å². The summed E-state index contributed by atoms with van der Waals surface area (Å²) < 4.78 is 27.0. The molecule has 1 fully saturated rings. The van der Waals surface area contributed by atoms with E-state index in [1.54, 1.807) is 17.8 Å². The summed E-state index contributed by atoms with van der Waals surface area (Å²) in [6.07, 6.45) is 4.16. The smallest absolute Gasteiger partial charge is 0.250 e. The number of aliphatic hydroxyl groups excluding tert-OH is 1. The second kappa shape index (κ2) is 4.89. The van der Waals surface area contributed by atoms with E-state index in [0.717, 1.165) is 24.2 Å². The van der Waals surface area contributed by atoms with Crippen molar-refractivity contribution in [1.82, 2.24) is 4.72 Å². The van der Waals surface area contributed by atoms with Crippen molar-refractivity contribution in [3.05, 3.63) is 17.0 Å². The molecule has 1 saturated carbocycles. The van der Waals surface area contributed by atoms with Crippen molar-refractivity contribution in [2.45, 2.75) is 28.4 Å². The van der Waals surface area contributed by atoms with Crippen molar-refractivity contribution in [3.63, 3.8) is 0 Å². The maximum Gasteiger partial charge on any atom is 0.250 e. The number of nitrogens with one attached hydrogen (secondary N) is 1. The van der Waals surface area contributed by atoms with E-state index in [2.05, 4.69) is 4.72 Å². The van der Waals surface area contributed by atoms with Crippen LogP contribution in [-0.4, -0.2) is 31.1 Å². The zero-order valence-electron chi connectivity index (χ0n) is 9.47. The van der Waals surface area contributed by atoms with Crippen LogP contribution in [-0.2, 0) is 16.6 Å². The molecule has 1 aromatic rings. The third-order valence-corrected chi connectivity index (χ3v) is 7.26. The molecular weight excluding hydrogens is 278 g/mol. The lowest BCUT2D eigenvalue weighted by Gasteiger charge is -2.12.